The highest BCUT2D eigenvalue weighted by Gasteiger charge is 2.08. The molecular weight excluding hydrogens is 188 g/mol. The summed E-state index contributed by atoms with van der Waals surface area (Å²) >= 11 is 0. The smallest absolute Gasteiger partial charge is 0.118 e. The van der Waals surface area contributed by atoms with Gasteiger partial charge in [-0.3, -0.25) is 5.10 Å². The third-order valence-corrected chi connectivity index (χ3v) is 2.60. The number of ether oxygens (including phenoxy) is 1. The highest BCUT2D eigenvalue weighted by Crippen LogP contribution is 2.23. The molecule has 0 fully saturated rings. The molecule has 0 aliphatic rings. The quantitative estimate of drug-likeness (QED) is 0.830. The van der Waals surface area contributed by atoms with E-state index in [9.17, 15) is 0 Å². The van der Waals surface area contributed by atoms with Crippen LogP contribution >= 0.6 is 0 Å². The van der Waals surface area contributed by atoms with Crippen molar-refractivity contribution in [3.05, 3.63) is 47.8 Å². The van der Waals surface area contributed by atoms with Crippen molar-refractivity contribution in [2.24, 2.45) is 0 Å². The minimum absolute atomic E-state index is 0.332. The number of nitrogens with zero attached hydrogens (tertiary/aromatic N) is 1. The molecule has 0 spiro atoms. The van der Waals surface area contributed by atoms with Gasteiger partial charge in [-0.25, -0.2) is 0 Å². The molecule has 0 aliphatic carbocycles. The van der Waals surface area contributed by atoms with Crippen LogP contribution in [-0.4, -0.2) is 17.3 Å². The Hall–Kier alpha value is -1.77. The Bertz CT molecular complexity index is 406. The molecule has 3 nitrogen and oxygen atoms in total. The summed E-state index contributed by atoms with van der Waals surface area (Å²) in [5, 5.41) is 6.94. The highest BCUT2D eigenvalue weighted by molar-refractivity contribution is 5.32. The van der Waals surface area contributed by atoms with Gasteiger partial charge in [-0.05, 0) is 23.8 Å². The second-order valence-corrected chi connectivity index (χ2v) is 3.51. The van der Waals surface area contributed by atoms with Gasteiger partial charge in [0, 0.05) is 17.8 Å². The van der Waals surface area contributed by atoms with Gasteiger partial charge in [-0.2, -0.15) is 5.10 Å². The fraction of sp³-hybridized carbons (Fsp3) is 0.250. The van der Waals surface area contributed by atoms with E-state index < -0.39 is 0 Å². The third kappa shape index (κ3) is 2.01. The Morgan fingerprint density at radius 3 is 2.47 bits per heavy atom. The zero-order valence-corrected chi connectivity index (χ0v) is 8.90. The minimum atomic E-state index is 0.332. The molecule has 0 saturated carbocycles. The Kier molecular flexibility index (Phi) is 2.72. The summed E-state index contributed by atoms with van der Waals surface area (Å²) in [5.74, 6) is 1.22. The van der Waals surface area contributed by atoms with Crippen LogP contribution in [0.3, 0.4) is 0 Å². The second-order valence-electron chi connectivity index (χ2n) is 3.51. The molecule has 0 amide bonds. The van der Waals surface area contributed by atoms with E-state index in [1.165, 1.54) is 5.56 Å². The van der Waals surface area contributed by atoms with Crippen molar-refractivity contribution >= 4 is 0 Å². The second kappa shape index (κ2) is 4.17. The van der Waals surface area contributed by atoms with E-state index in [1.54, 1.807) is 13.3 Å². The van der Waals surface area contributed by atoms with Crippen LogP contribution < -0.4 is 4.74 Å². The van der Waals surface area contributed by atoms with Crippen LogP contribution in [0.4, 0.5) is 0 Å². The van der Waals surface area contributed by atoms with Crippen LogP contribution in [0.15, 0.2) is 36.5 Å². The van der Waals surface area contributed by atoms with Crippen LogP contribution in [0.25, 0.3) is 0 Å². The molecule has 78 valence electrons. The van der Waals surface area contributed by atoms with Crippen LogP contribution in [0, 0.1) is 0 Å². The molecule has 1 aromatic carbocycles. The fourth-order valence-electron chi connectivity index (χ4n) is 1.58. The molecule has 0 radical (unpaired) electrons. The number of rotatable bonds is 3. The highest BCUT2D eigenvalue weighted by atomic mass is 16.5. The first-order chi connectivity index (χ1) is 7.31. The van der Waals surface area contributed by atoms with Gasteiger partial charge in [0.1, 0.15) is 5.75 Å². The van der Waals surface area contributed by atoms with E-state index in [2.05, 4.69) is 29.3 Å². The van der Waals surface area contributed by atoms with Crippen LogP contribution in [0.1, 0.15) is 24.1 Å². The SMILES string of the molecule is COc1ccc(C(C)c2ccn[nH]2)cc1. The van der Waals surface area contributed by atoms with Gasteiger partial charge >= 0.3 is 0 Å². The summed E-state index contributed by atoms with van der Waals surface area (Å²) < 4.78 is 5.12. The summed E-state index contributed by atoms with van der Waals surface area (Å²) in [6.45, 7) is 2.15. The van der Waals surface area contributed by atoms with Gasteiger partial charge in [0.25, 0.3) is 0 Å². The lowest BCUT2D eigenvalue weighted by atomic mass is 9.98. The number of nitrogens with one attached hydrogen (secondary N) is 1. The number of aromatic nitrogens is 2. The molecule has 0 aliphatic heterocycles. The first-order valence-electron chi connectivity index (χ1n) is 4.94. The molecule has 2 rings (SSSR count). The third-order valence-electron chi connectivity index (χ3n) is 2.60. The predicted molar refractivity (Wildman–Crippen MR) is 59.1 cm³/mol. The maximum atomic E-state index is 5.12. The molecule has 1 heterocycles. The summed E-state index contributed by atoms with van der Waals surface area (Å²) in [7, 11) is 1.67. The van der Waals surface area contributed by atoms with E-state index >= 15 is 0 Å². The van der Waals surface area contributed by atoms with Crippen molar-refractivity contribution < 1.29 is 4.74 Å². The Morgan fingerprint density at radius 1 is 1.20 bits per heavy atom. The fourth-order valence-corrected chi connectivity index (χ4v) is 1.58. The van der Waals surface area contributed by atoms with E-state index in [0.717, 1.165) is 11.4 Å². The molecule has 15 heavy (non-hydrogen) atoms. The zero-order valence-electron chi connectivity index (χ0n) is 8.90. The normalized spacial score (nSPS) is 12.4. The number of H-pyrrole nitrogens is 1. The predicted octanol–water partition coefficient (Wildman–Crippen LogP) is 2.57. The lowest BCUT2D eigenvalue weighted by Gasteiger charge is -2.10. The Morgan fingerprint density at radius 2 is 1.93 bits per heavy atom. The average Bonchev–Trinajstić information content (AvgIpc) is 2.82. The van der Waals surface area contributed by atoms with Gasteiger partial charge in [0.15, 0.2) is 0 Å². The number of hydrogen-bond acceptors (Lipinski definition) is 2. The topological polar surface area (TPSA) is 37.9 Å². The summed E-state index contributed by atoms with van der Waals surface area (Å²) in [4.78, 5) is 0. The molecule has 1 N–H and O–H groups in total. The lowest BCUT2D eigenvalue weighted by Crippen LogP contribution is -1.96. The zero-order chi connectivity index (χ0) is 10.7. The summed E-state index contributed by atoms with van der Waals surface area (Å²) in [5.41, 5.74) is 2.38. The van der Waals surface area contributed by atoms with Crippen LogP contribution in [0.5, 0.6) is 5.75 Å². The molecule has 1 atom stereocenters. The summed E-state index contributed by atoms with van der Waals surface area (Å²) in [6.07, 6.45) is 1.77. The van der Waals surface area contributed by atoms with Crippen molar-refractivity contribution in [1.29, 1.82) is 0 Å². The Balaban J connectivity index is 2.22. The lowest BCUT2D eigenvalue weighted by molar-refractivity contribution is 0.414. The maximum absolute atomic E-state index is 5.12. The van der Waals surface area contributed by atoms with E-state index in [0.29, 0.717) is 5.92 Å². The van der Waals surface area contributed by atoms with E-state index in [4.69, 9.17) is 4.74 Å². The first kappa shape index (κ1) is 9.77. The largest absolute Gasteiger partial charge is 0.497 e. The molecule has 1 unspecified atom stereocenters. The minimum Gasteiger partial charge on any atom is -0.497 e. The van der Waals surface area contributed by atoms with E-state index in [1.807, 2.05) is 18.2 Å². The first-order valence-corrected chi connectivity index (χ1v) is 4.94. The van der Waals surface area contributed by atoms with Gasteiger partial charge in [0.05, 0.1) is 7.11 Å². The number of methoxy groups -OCH3 is 1. The van der Waals surface area contributed by atoms with Crippen LogP contribution in [-0.2, 0) is 0 Å². The summed E-state index contributed by atoms with van der Waals surface area (Å²) in [6, 6.07) is 10.1. The van der Waals surface area contributed by atoms with Gasteiger partial charge in [0.2, 0.25) is 0 Å². The number of aromatic amines is 1. The molecule has 0 bridgehead atoms. The van der Waals surface area contributed by atoms with Crippen molar-refractivity contribution in [2.45, 2.75) is 12.8 Å². The van der Waals surface area contributed by atoms with Crippen molar-refractivity contribution in [2.75, 3.05) is 7.11 Å². The average molecular weight is 202 g/mol. The van der Waals surface area contributed by atoms with Gasteiger partial charge in [-0.1, -0.05) is 19.1 Å². The maximum Gasteiger partial charge on any atom is 0.118 e. The van der Waals surface area contributed by atoms with E-state index in [-0.39, 0.29) is 0 Å². The van der Waals surface area contributed by atoms with Crippen molar-refractivity contribution in [1.82, 2.24) is 10.2 Å². The molecule has 0 saturated heterocycles. The number of benzene rings is 1. The van der Waals surface area contributed by atoms with Crippen LogP contribution in [0.2, 0.25) is 0 Å². The number of hydrogen-bond donors (Lipinski definition) is 1. The standard InChI is InChI=1S/C12H14N2O/c1-9(12-7-8-13-14-12)10-3-5-11(15-2)6-4-10/h3-9H,1-2H3,(H,13,14). The molecule has 1 aromatic heterocycles. The molecular formula is C12H14N2O. The monoisotopic (exact) mass is 202 g/mol. The Labute approximate surface area is 89.1 Å². The van der Waals surface area contributed by atoms with Crippen molar-refractivity contribution in [3.8, 4) is 5.75 Å². The van der Waals surface area contributed by atoms with Gasteiger partial charge in [-0.15, -0.1) is 0 Å². The molecule has 2 aromatic rings. The van der Waals surface area contributed by atoms with Crippen molar-refractivity contribution in [3.63, 3.8) is 0 Å². The molecule has 3 heteroatoms. The van der Waals surface area contributed by atoms with Gasteiger partial charge < -0.3 is 4.74 Å².